The number of ether oxygens (including phenoxy) is 1. The fourth-order valence-electron chi connectivity index (χ4n) is 1.81. The van der Waals surface area contributed by atoms with Gasteiger partial charge in [0.25, 0.3) is 0 Å². The van der Waals surface area contributed by atoms with Crippen LogP contribution in [0, 0.1) is 0 Å². The van der Waals surface area contributed by atoms with E-state index in [2.05, 4.69) is 9.97 Å². The standard InChI is InChI=1S/C13H18N4O/c1-13(2,14)11-7-15-9-17(11)8-10-4-5-12(18-3)16-6-10/h4-7,9H,8,14H2,1-3H3. The van der Waals surface area contributed by atoms with Crippen LogP contribution in [0.25, 0.3) is 0 Å². The summed E-state index contributed by atoms with van der Waals surface area (Å²) in [7, 11) is 1.60. The van der Waals surface area contributed by atoms with Crippen LogP contribution in [0.1, 0.15) is 25.1 Å². The quantitative estimate of drug-likeness (QED) is 0.888. The summed E-state index contributed by atoms with van der Waals surface area (Å²) in [5, 5.41) is 0. The Labute approximate surface area is 107 Å². The minimum absolute atomic E-state index is 0.406. The predicted octanol–water partition coefficient (Wildman–Crippen LogP) is 1.53. The molecule has 0 amide bonds. The lowest BCUT2D eigenvalue weighted by molar-refractivity contribution is 0.397. The number of hydrogen-bond acceptors (Lipinski definition) is 4. The molecule has 0 aliphatic carbocycles. The Kier molecular flexibility index (Phi) is 3.34. The van der Waals surface area contributed by atoms with Gasteiger partial charge in [-0.25, -0.2) is 9.97 Å². The van der Waals surface area contributed by atoms with Gasteiger partial charge in [0, 0.05) is 18.5 Å². The molecule has 5 heteroatoms. The molecule has 0 spiro atoms. The molecule has 2 N–H and O–H groups in total. The van der Waals surface area contributed by atoms with Crippen LogP contribution in [0.5, 0.6) is 5.88 Å². The zero-order valence-electron chi connectivity index (χ0n) is 10.9. The maximum Gasteiger partial charge on any atom is 0.212 e. The third kappa shape index (κ3) is 2.68. The van der Waals surface area contributed by atoms with Crippen LogP contribution in [-0.4, -0.2) is 21.6 Å². The van der Waals surface area contributed by atoms with Crippen molar-refractivity contribution >= 4 is 0 Å². The molecule has 0 fully saturated rings. The largest absolute Gasteiger partial charge is 0.481 e. The second kappa shape index (κ2) is 4.78. The summed E-state index contributed by atoms with van der Waals surface area (Å²) < 4.78 is 7.06. The maximum atomic E-state index is 6.10. The molecule has 0 aliphatic rings. The zero-order chi connectivity index (χ0) is 13.2. The van der Waals surface area contributed by atoms with E-state index in [1.165, 1.54) is 0 Å². The normalized spacial score (nSPS) is 11.6. The van der Waals surface area contributed by atoms with Crippen LogP contribution in [0.15, 0.2) is 30.9 Å². The van der Waals surface area contributed by atoms with Crippen molar-refractivity contribution in [1.82, 2.24) is 14.5 Å². The minimum atomic E-state index is -0.406. The number of nitrogens with zero attached hydrogens (tertiary/aromatic N) is 3. The molecular weight excluding hydrogens is 228 g/mol. The molecule has 2 heterocycles. The van der Waals surface area contributed by atoms with E-state index in [-0.39, 0.29) is 0 Å². The van der Waals surface area contributed by atoms with Gasteiger partial charge in [-0.05, 0) is 19.4 Å². The molecule has 0 aromatic carbocycles. The Morgan fingerprint density at radius 2 is 2.11 bits per heavy atom. The summed E-state index contributed by atoms with van der Waals surface area (Å²) in [5.41, 5.74) is 7.78. The van der Waals surface area contributed by atoms with Gasteiger partial charge in [-0.15, -0.1) is 0 Å². The van der Waals surface area contributed by atoms with Crippen LogP contribution in [0.3, 0.4) is 0 Å². The first kappa shape index (κ1) is 12.6. The van der Waals surface area contributed by atoms with Gasteiger partial charge in [-0.1, -0.05) is 6.07 Å². The topological polar surface area (TPSA) is 66.0 Å². The molecule has 0 bridgehead atoms. The van der Waals surface area contributed by atoms with Crippen molar-refractivity contribution in [2.45, 2.75) is 25.9 Å². The van der Waals surface area contributed by atoms with Crippen molar-refractivity contribution in [2.75, 3.05) is 7.11 Å². The molecule has 2 rings (SSSR count). The molecule has 0 unspecified atom stereocenters. The van der Waals surface area contributed by atoms with Gasteiger partial charge in [-0.3, -0.25) is 0 Å². The highest BCUT2D eigenvalue weighted by molar-refractivity contribution is 5.19. The smallest absolute Gasteiger partial charge is 0.212 e. The number of rotatable bonds is 4. The van der Waals surface area contributed by atoms with Crippen LogP contribution < -0.4 is 10.5 Å². The van der Waals surface area contributed by atoms with Crippen LogP contribution >= 0.6 is 0 Å². The summed E-state index contributed by atoms with van der Waals surface area (Å²) in [6, 6.07) is 3.83. The Morgan fingerprint density at radius 1 is 1.33 bits per heavy atom. The Bertz CT molecular complexity index is 511. The van der Waals surface area contributed by atoms with Gasteiger partial charge >= 0.3 is 0 Å². The lowest BCUT2D eigenvalue weighted by Gasteiger charge is -2.20. The third-order valence-corrected chi connectivity index (χ3v) is 2.73. The van der Waals surface area contributed by atoms with Gasteiger partial charge in [0.05, 0.1) is 31.2 Å². The SMILES string of the molecule is COc1ccc(Cn2cncc2C(C)(C)N)cn1. The van der Waals surface area contributed by atoms with E-state index < -0.39 is 5.54 Å². The molecule has 0 radical (unpaired) electrons. The molecule has 2 aromatic rings. The molecule has 0 saturated heterocycles. The van der Waals surface area contributed by atoms with Crippen molar-refractivity contribution in [3.8, 4) is 5.88 Å². The second-order valence-electron chi connectivity index (χ2n) is 4.84. The summed E-state index contributed by atoms with van der Waals surface area (Å²) in [5.74, 6) is 0.615. The Balaban J connectivity index is 2.21. The van der Waals surface area contributed by atoms with Crippen molar-refractivity contribution < 1.29 is 4.74 Å². The fourth-order valence-corrected chi connectivity index (χ4v) is 1.81. The second-order valence-corrected chi connectivity index (χ2v) is 4.84. The monoisotopic (exact) mass is 246 g/mol. The van der Waals surface area contributed by atoms with E-state index in [4.69, 9.17) is 10.5 Å². The number of methoxy groups -OCH3 is 1. The van der Waals surface area contributed by atoms with Crippen LogP contribution in [0.2, 0.25) is 0 Å². The fraction of sp³-hybridized carbons (Fsp3) is 0.385. The first-order chi connectivity index (χ1) is 8.50. The van der Waals surface area contributed by atoms with Crippen molar-refractivity contribution in [2.24, 2.45) is 5.73 Å². The highest BCUT2D eigenvalue weighted by atomic mass is 16.5. The molecule has 18 heavy (non-hydrogen) atoms. The van der Waals surface area contributed by atoms with E-state index in [0.29, 0.717) is 12.4 Å². The first-order valence-electron chi connectivity index (χ1n) is 5.79. The maximum absolute atomic E-state index is 6.10. The lowest BCUT2D eigenvalue weighted by Crippen LogP contribution is -2.31. The number of pyridine rings is 1. The van der Waals surface area contributed by atoms with E-state index in [0.717, 1.165) is 11.3 Å². The molecule has 5 nitrogen and oxygen atoms in total. The van der Waals surface area contributed by atoms with Crippen molar-refractivity contribution in [3.63, 3.8) is 0 Å². The van der Waals surface area contributed by atoms with Crippen LogP contribution in [-0.2, 0) is 12.1 Å². The summed E-state index contributed by atoms with van der Waals surface area (Å²) in [6.07, 6.45) is 5.39. The summed E-state index contributed by atoms with van der Waals surface area (Å²) >= 11 is 0. The Hall–Kier alpha value is -1.88. The molecule has 0 atom stereocenters. The number of imidazole rings is 1. The minimum Gasteiger partial charge on any atom is -0.481 e. The average Bonchev–Trinajstić information content (AvgIpc) is 2.78. The molecule has 96 valence electrons. The molecule has 2 aromatic heterocycles. The number of hydrogen-bond donors (Lipinski definition) is 1. The van der Waals surface area contributed by atoms with Crippen LogP contribution in [0.4, 0.5) is 0 Å². The van der Waals surface area contributed by atoms with E-state index in [9.17, 15) is 0 Å². The summed E-state index contributed by atoms with van der Waals surface area (Å²) in [6.45, 7) is 4.63. The zero-order valence-corrected chi connectivity index (χ0v) is 10.9. The number of nitrogens with two attached hydrogens (primary N) is 1. The number of aromatic nitrogens is 3. The molecular formula is C13H18N4O. The van der Waals surface area contributed by atoms with E-state index in [1.807, 2.05) is 30.5 Å². The first-order valence-corrected chi connectivity index (χ1v) is 5.79. The average molecular weight is 246 g/mol. The van der Waals surface area contributed by atoms with Gasteiger partial charge in [0.2, 0.25) is 5.88 Å². The Morgan fingerprint density at radius 3 is 2.67 bits per heavy atom. The molecule has 0 saturated carbocycles. The third-order valence-electron chi connectivity index (χ3n) is 2.73. The van der Waals surface area contributed by atoms with Gasteiger partial charge in [0.1, 0.15) is 0 Å². The van der Waals surface area contributed by atoms with E-state index in [1.54, 1.807) is 25.8 Å². The van der Waals surface area contributed by atoms with Crippen molar-refractivity contribution in [3.05, 3.63) is 42.1 Å². The van der Waals surface area contributed by atoms with Gasteiger partial charge in [-0.2, -0.15) is 0 Å². The van der Waals surface area contributed by atoms with Gasteiger partial charge in [0.15, 0.2) is 0 Å². The molecule has 0 aliphatic heterocycles. The lowest BCUT2D eigenvalue weighted by atomic mass is 10.0. The predicted molar refractivity (Wildman–Crippen MR) is 69.3 cm³/mol. The van der Waals surface area contributed by atoms with E-state index >= 15 is 0 Å². The highest BCUT2D eigenvalue weighted by Gasteiger charge is 2.18. The highest BCUT2D eigenvalue weighted by Crippen LogP contribution is 2.17. The summed E-state index contributed by atoms with van der Waals surface area (Å²) in [4.78, 5) is 8.34. The van der Waals surface area contributed by atoms with Crippen molar-refractivity contribution in [1.29, 1.82) is 0 Å². The van der Waals surface area contributed by atoms with Gasteiger partial charge < -0.3 is 15.0 Å².